The molecule has 0 aliphatic heterocycles. The van der Waals surface area contributed by atoms with Crippen LogP contribution < -0.4 is 5.32 Å². The molecule has 1 rings (SSSR count). The van der Waals surface area contributed by atoms with Gasteiger partial charge in [0.2, 0.25) is 0 Å². The summed E-state index contributed by atoms with van der Waals surface area (Å²) in [4.78, 5) is 0. The Morgan fingerprint density at radius 1 is 1.47 bits per heavy atom. The van der Waals surface area contributed by atoms with Crippen molar-refractivity contribution in [1.82, 2.24) is 5.32 Å². The Balaban J connectivity index is 2.33. The molecule has 0 bridgehead atoms. The number of hydrogen-bond donors (Lipinski definition) is 1. The molecular formula is C11H23NO2S. The van der Waals surface area contributed by atoms with E-state index in [1.54, 1.807) is 0 Å². The van der Waals surface area contributed by atoms with Crippen LogP contribution in [-0.2, 0) is 9.84 Å². The van der Waals surface area contributed by atoms with Gasteiger partial charge in [0.25, 0.3) is 0 Å². The molecule has 15 heavy (non-hydrogen) atoms. The van der Waals surface area contributed by atoms with Crippen LogP contribution in [-0.4, -0.2) is 33.5 Å². The zero-order valence-corrected chi connectivity index (χ0v) is 10.9. The summed E-state index contributed by atoms with van der Waals surface area (Å²) in [5, 5.41) is 3.31. The molecular weight excluding hydrogens is 210 g/mol. The number of hydrogen-bond acceptors (Lipinski definition) is 3. The Hall–Kier alpha value is -0.0900. The van der Waals surface area contributed by atoms with Gasteiger partial charge in [-0.2, -0.15) is 0 Å². The second kappa shape index (κ2) is 4.83. The fourth-order valence-electron chi connectivity index (χ4n) is 2.56. The highest BCUT2D eigenvalue weighted by molar-refractivity contribution is 7.90. The lowest BCUT2D eigenvalue weighted by atomic mass is 9.84. The minimum atomic E-state index is -2.78. The minimum absolute atomic E-state index is 0.340. The Morgan fingerprint density at radius 2 is 2.13 bits per heavy atom. The van der Waals surface area contributed by atoms with Crippen LogP contribution in [0.2, 0.25) is 0 Å². The average Bonchev–Trinajstić information content (AvgIpc) is 2.45. The van der Waals surface area contributed by atoms with Gasteiger partial charge in [-0.3, -0.25) is 0 Å². The molecule has 1 fully saturated rings. The Bertz CT molecular complexity index is 300. The van der Waals surface area contributed by atoms with Gasteiger partial charge in [-0.05, 0) is 44.6 Å². The molecule has 90 valence electrons. The van der Waals surface area contributed by atoms with Crippen LogP contribution in [0.5, 0.6) is 0 Å². The van der Waals surface area contributed by atoms with E-state index in [2.05, 4.69) is 12.2 Å². The normalized spacial score (nSPS) is 32.1. The van der Waals surface area contributed by atoms with E-state index in [1.807, 2.05) is 7.05 Å². The minimum Gasteiger partial charge on any atom is -0.317 e. The van der Waals surface area contributed by atoms with Crippen molar-refractivity contribution in [3.05, 3.63) is 0 Å². The van der Waals surface area contributed by atoms with E-state index < -0.39 is 9.84 Å². The second-order valence-corrected chi connectivity index (χ2v) is 7.53. The predicted molar refractivity (Wildman–Crippen MR) is 63.8 cm³/mol. The van der Waals surface area contributed by atoms with Crippen LogP contribution in [0.25, 0.3) is 0 Å². The summed E-state index contributed by atoms with van der Waals surface area (Å²) in [5.74, 6) is 0.340. The summed E-state index contributed by atoms with van der Waals surface area (Å²) < 4.78 is 22.0. The molecule has 0 radical (unpaired) electrons. The zero-order chi connectivity index (χ0) is 11.5. The molecule has 0 amide bonds. The number of rotatable bonds is 5. The lowest BCUT2D eigenvalue weighted by molar-refractivity contribution is 0.297. The smallest absolute Gasteiger partial charge is 0.147 e. The van der Waals surface area contributed by atoms with Crippen LogP contribution in [0, 0.1) is 5.41 Å². The first-order valence-corrected chi connectivity index (χ1v) is 7.76. The van der Waals surface area contributed by atoms with Gasteiger partial charge in [-0.25, -0.2) is 8.42 Å². The average molecular weight is 233 g/mol. The molecule has 2 atom stereocenters. The van der Waals surface area contributed by atoms with Gasteiger partial charge in [-0.1, -0.05) is 6.92 Å². The monoisotopic (exact) mass is 233 g/mol. The second-order valence-electron chi connectivity index (χ2n) is 5.27. The standard InChI is InChI=1S/C11H23NO2S/c1-11(6-4-8-15(3,13)14)7-5-10(9-11)12-2/h10,12H,4-9H2,1-3H3. The highest BCUT2D eigenvalue weighted by Crippen LogP contribution is 2.41. The molecule has 0 aromatic heterocycles. The molecule has 0 aromatic rings. The van der Waals surface area contributed by atoms with Crippen molar-refractivity contribution in [3.8, 4) is 0 Å². The lowest BCUT2D eigenvalue weighted by Crippen LogP contribution is -2.24. The molecule has 1 saturated carbocycles. The van der Waals surface area contributed by atoms with Crippen molar-refractivity contribution < 1.29 is 8.42 Å². The first-order valence-electron chi connectivity index (χ1n) is 5.70. The topological polar surface area (TPSA) is 46.2 Å². The summed E-state index contributed by atoms with van der Waals surface area (Å²) in [6.07, 6.45) is 6.81. The Kier molecular flexibility index (Phi) is 4.18. The summed E-state index contributed by atoms with van der Waals surface area (Å²) in [6, 6.07) is 0.633. The van der Waals surface area contributed by atoms with E-state index in [-0.39, 0.29) is 0 Å². The van der Waals surface area contributed by atoms with Gasteiger partial charge in [0, 0.05) is 18.1 Å². The van der Waals surface area contributed by atoms with Gasteiger partial charge in [0.1, 0.15) is 9.84 Å². The maximum absolute atomic E-state index is 11.0. The number of sulfone groups is 1. The van der Waals surface area contributed by atoms with E-state index >= 15 is 0 Å². The molecule has 1 aliphatic rings. The summed E-state index contributed by atoms with van der Waals surface area (Å²) in [7, 11) is -0.770. The maximum atomic E-state index is 11.0. The summed E-state index contributed by atoms with van der Waals surface area (Å²) in [5.41, 5.74) is 0.359. The Labute approximate surface area is 93.6 Å². The van der Waals surface area contributed by atoms with Gasteiger partial charge in [-0.15, -0.1) is 0 Å². The highest BCUT2D eigenvalue weighted by atomic mass is 32.2. The fraction of sp³-hybridized carbons (Fsp3) is 1.00. The van der Waals surface area contributed by atoms with Gasteiger partial charge in [0.15, 0.2) is 0 Å². The molecule has 4 heteroatoms. The third-order valence-electron chi connectivity index (χ3n) is 3.54. The molecule has 0 aromatic carbocycles. The van der Waals surface area contributed by atoms with Crippen molar-refractivity contribution in [2.24, 2.45) is 5.41 Å². The maximum Gasteiger partial charge on any atom is 0.147 e. The molecule has 1 aliphatic carbocycles. The van der Waals surface area contributed by atoms with E-state index in [1.165, 1.54) is 25.5 Å². The van der Waals surface area contributed by atoms with E-state index in [9.17, 15) is 8.42 Å². The SMILES string of the molecule is CNC1CCC(C)(CCCS(C)(=O)=O)C1. The lowest BCUT2D eigenvalue weighted by Gasteiger charge is -2.23. The molecule has 2 unspecified atom stereocenters. The Morgan fingerprint density at radius 3 is 2.60 bits per heavy atom. The van der Waals surface area contributed by atoms with E-state index in [4.69, 9.17) is 0 Å². The fourth-order valence-corrected chi connectivity index (χ4v) is 3.22. The quantitative estimate of drug-likeness (QED) is 0.784. The van der Waals surface area contributed by atoms with Crippen molar-refractivity contribution in [1.29, 1.82) is 0 Å². The first kappa shape index (κ1) is 13.0. The van der Waals surface area contributed by atoms with Crippen LogP contribution in [0.3, 0.4) is 0 Å². The van der Waals surface area contributed by atoms with Crippen molar-refractivity contribution in [3.63, 3.8) is 0 Å². The third kappa shape index (κ3) is 4.51. The largest absolute Gasteiger partial charge is 0.317 e. The van der Waals surface area contributed by atoms with E-state index in [0.717, 1.165) is 12.8 Å². The van der Waals surface area contributed by atoms with Gasteiger partial charge in [0.05, 0.1) is 0 Å². The van der Waals surface area contributed by atoms with Crippen LogP contribution in [0.1, 0.15) is 39.0 Å². The molecule has 3 nitrogen and oxygen atoms in total. The molecule has 0 spiro atoms. The predicted octanol–water partition coefficient (Wildman–Crippen LogP) is 1.59. The summed E-state index contributed by atoms with van der Waals surface area (Å²) in [6.45, 7) is 2.28. The summed E-state index contributed by atoms with van der Waals surface area (Å²) >= 11 is 0. The van der Waals surface area contributed by atoms with Crippen molar-refractivity contribution in [2.45, 2.75) is 45.1 Å². The highest BCUT2D eigenvalue weighted by Gasteiger charge is 2.33. The van der Waals surface area contributed by atoms with Crippen LogP contribution in [0.15, 0.2) is 0 Å². The molecule has 1 N–H and O–H groups in total. The van der Waals surface area contributed by atoms with Crippen LogP contribution >= 0.6 is 0 Å². The van der Waals surface area contributed by atoms with Gasteiger partial charge < -0.3 is 5.32 Å². The van der Waals surface area contributed by atoms with Crippen molar-refractivity contribution in [2.75, 3.05) is 19.1 Å². The number of nitrogens with one attached hydrogen (secondary N) is 1. The molecule has 0 saturated heterocycles. The van der Waals surface area contributed by atoms with Gasteiger partial charge >= 0.3 is 0 Å². The third-order valence-corrected chi connectivity index (χ3v) is 4.57. The molecule has 0 heterocycles. The van der Waals surface area contributed by atoms with Crippen molar-refractivity contribution >= 4 is 9.84 Å². The van der Waals surface area contributed by atoms with E-state index in [0.29, 0.717) is 17.2 Å². The van der Waals surface area contributed by atoms with Crippen LogP contribution in [0.4, 0.5) is 0 Å². The first-order chi connectivity index (χ1) is 6.85. The zero-order valence-electron chi connectivity index (χ0n) is 10.0.